The lowest BCUT2D eigenvalue weighted by Crippen LogP contribution is -2.24. The van der Waals surface area contributed by atoms with Gasteiger partial charge in [-0.1, -0.05) is 107 Å². The third-order valence-electron chi connectivity index (χ3n) is 6.71. The van der Waals surface area contributed by atoms with Crippen molar-refractivity contribution in [1.82, 2.24) is 0 Å². The van der Waals surface area contributed by atoms with Gasteiger partial charge < -0.3 is 0 Å². The first kappa shape index (κ1) is 25.3. The number of hydrogen-bond donors (Lipinski definition) is 0. The predicted molar refractivity (Wildman–Crippen MR) is 133 cm³/mol. The fourth-order valence-corrected chi connectivity index (χ4v) is 4.64. The Hall–Kier alpha value is -2.29. The first-order valence-corrected chi connectivity index (χ1v) is 12.6. The van der Waals surface area contributed by atoms with Crippen molar-refractivity contribution in [3.05, 3.63) is 88.5 Å². The second-order valence-electron chi connectivity index (χ2n) is 9.23. The number of benzene rings is 2. The van der Waals surface area contributed by atoms with Gasteiger partial charge in [0.05, 0.1) is 0 Å². The third kappa shape index (κ3) is 6.19. The van der Waals surface area contributed by atoms with Crippen LogP contribution in [-0.2, 0) is 18.5 Å². The Kier molecular flexibility index (Phi) is 9.41. The Bertz CT molecular complexity index is 955. The van der Waals surface area contributed by atoms with Gasteiger partial charge in [0.15, 0.2) is 17.3 Å². The molecule has 0 saturated carbocycles. The van der Waals surface area contributed by atoms with E-state index >= 15 is 8.78 Å². The molecule has 0 amide bonds. The average molecular weight is 455 g/mol. The molecule has 0 nitrogen and oxygen atoms in total. The highest BCUT2D eigenvalue weighted by molar-refractivity contribution is 5.77. The number of rotatable bonds is 12. The topological polar surface area (TPSA) is 0 Å². The van der Waals surface area contributed by atoms with E-state index in [2.05, 4.69) is 13.8 Å². The molecular weight excluding hydrogens is 417 g/mol. The van der Waals surface area contributed by atoms with Crippen molar-refractivity contribution in [1.29, 1.82) is 0 Å². The van der Waals surface area contributed by atoms with E-state index in [1.807, 2.05) is 24.3 Å². The van der Waals surface area contributed by atoms with Gasteiger partial charge in [-0.2, -0.15) is 0 Å². The Morgan fingerprint density at radius 1 is 0.758 bits per heavy atom. The first-order valence-electron chi connectivity index (χ1n) is 12.6. The van der Waals surface area contributed by atoms with Gasteiger partial charge in [0.25, 0.3) is 0 Å². The van der Waals surface area contributed by atoms with Crippen molar-refractivity contribution in [3.8, 4) is 0 Å². The molecule has 0 N–H and O–H groups in total. The van der Waals surface area contributed by atoms with Crippen LogP contribution in [-0.4, -0.2) is 0 Å². The molecule has 1 aliphatic carbocycles. The monoisotopic (exact) mass is 454 g/mol. The molecule has 0 radical (unpaired) electrons. The summed E-state index contributed by atoms with van der Waals surface area (Å²) in [6.45, 7) is 4.28. The molecule has 3 heteroatoms. The summed E-state index contributed by atoms with van der Waals surface area (Å²) in [5.41, 5.74) is 0.353. The molecule has 0 aliphatic heterocycles. The van der Waals surface area contributed by atoms with Gasteiger partial charge >= 0.3 is 0 Å². The van der Waals surface area contributed by atoms with E-state index in [4.69, 9.17) is 0 Å². The van der Waals surface area contributed by atoms with Crippen LogP contribution in [0.3, 0.4) is 0 Å². The van der Waals surface area contributed by atoms with Crippen molar-refractivity contribution in [2.75, 3.05) is 0 Å². The van der Waals surface area contributed by atoms with Crippen LogP contribution in [0.15, 0.2) is 54.6 Å². The largest absolute Gasteiger partial charge is 0.233 e. The fourth-order valence-electron chi connectivity index (χ4n) is 4.64. The standard InChI is InChI=1S/C30H37F3/c1-3-5-7-8-10-13-23-16-19-25(20-17-23)30(33)22-12-11-15-27(30)26-21-18-24(14-9-6-4-2)28(31)29(26)32/h11-12,15-21H,3-10,13-14,22H2,1-2H3. The average Bonchev–Trinajstić information content (AvgIpc) is 2.83. The molecule has 1 unspecified atom stereocenters. The number of aryl methyl sites for hydroxylation is 2. The minimum atomic E-state index is -1.88. The van der Waals surface area contributed by atoms with Gasteiger partial charge in [-0.3, -0.25) is 0 Å². The van der Waals surface area contributed by atoms with Crippen molar-refractivity contribution < 1.29 is 13.2 Å². The van der Waals surface area contributed by atoms with Gasteiger partial charge in [-0.25, -0.2) is 13.2 Å². The van der Waals surface area contributed by atoms with Crippen molar-refractivity contribution in [2.45, 2.75) is 90.1 Å². The SMILES string of the molecule is CCCCCCCc1ccc(C2(F)CC=CC=C2c2ccc(CCCCC)c(F)c2F)cc1. The number of unbranched alkanes of at least 4 members (excludes halogenated alkanes) is 6. The molecule has 2 aromatic carbocycles. The molecule has 1 atom stereocenters. The van der Waals surface area contributed by atoms with Gasteiger partial charge in [0.1, 0.15) is 0 Å². The second-order valence-corrected chi connectivity index (χ2v) is 9.23. The smallest absolute Gasteiger partial charge is 0.166 e. The van der Waals surface area contributed by atoms with E-state index in [0.29, 0.717) is 17.5 Å². The highest BCUT2D eigenvalue weighted by atomic mass is 19.2. The molecule has 178 valence electrons. The summed E-state index contributed by atoms with van der Waals surface area (Å²) in [6, 6.07) is 10.7. The van der Waals surface area contributed by atoms with Crippen molar-refractivity contribution >= 4 is 5.57 Å². The lowest BCUT2D eigenvalue weighted by molar-refractivity contribution is 0.248. The molecule has 1 aliphatic rings. The Labute approximate surface area is 197 Å². The predicted octanol–water partition coefficient (Wildman–Crippen LogP) is 9.42. The summed E-state index contributed by atoms with van der Waals surface area (Å²) in [6.07, 6.45) is 15.5. The van der Waals surface area contributed by atoms with Crippen LogP contribution in [0.2, 0.25) is 0 Å². The zero-order chi connectivity index (χ0) is 23.7. The molecular formula is C30H37F3. The maximum Gasteiger partial charge on any atom is 0.166 e. The quantitative estimate of drug-likeness (QED) is 0.280. The van der Waals surface area contributed by atoms with E-state index < -0.39 is 17.3 Å². The summed E-state index contributed by atoms with van der Waals surface area (Å²) < 4.78 is 46.3. The molecule has 0 bridgehead atoms. The normalized spacial score (nSPS) is 17.9. The van der Waals surface area contributed by atoms with Crippen LogP contribution in [0.5, 0.6) is 0 Å². The first-order chi connectivity index (χ1) is 16.0. The van der Waals surface area contributed by atoms with Gasteiger partial charge in [0.2, 0.25) is 0 Å². The highest BCUT2D eigenvalue weighted by Crippen LogP contribution is 2.46. The van der Waals surface area contributed by atoms with Gasteiger partial charge in [-0.05, 0) is 42.4 Å². The van der Waals surface area contributed by atoms with Crippen molar-refractivity contribution in [2.24, 2.45) is 0 Å². The molecule has 0 fully saturated rings. The van der Waals surface area contributed by atoms with Crippen molar-refractivity contribution in [3.63, 3.8) is 0 Å². The summed E-state index contributed by atoms with van der Waals surface area (Å²) in [7, 11) is 0. The molecule has 3 rings (SSSR count). The van der Waals surface area contributed by atoms with Gasteiger partial charge in [0, 0.05) is 17.6 Å². The third-order valence-corrected chi connectivity index (χ3v) is 6.71. The molecule has 0 aromatic heterocycles. The molecule has 0 heterocycles. The molecule has 33 heavy (non-hydrogen) atoms. The lowest BCUT2D eigenvalue weighted by atomic mass is 9.78. The van der Waals surface area contributed by atoms with Crippen LogP contribution in [0.25, 0.3) is 5.57 Å². The van der Waals surface area contributed by atoms with Gasteiger partial charge in [-0.15, -0.1) is 0 Å². The van der Waals surface area contributed by atoms with E-state index in [9.17, 15) is 4.39 Å². The van der Waals surface area contributed by atoms with Crippen LogP contribution in [0.4, 0.5) is 13.2 Å². The number of halogens is 3. The van der Waals surface area contributed by atoms with E-state index in [1.54, 1.807) is 30.4 Å². The summed E-state index contributed by atoms with van der Waals surface area (Å²) in [4.78, 5) is 0. The highest BCUT2D eigenvalue weighted by Gasteiger charge is 2.39. The zero-order valence-corrected chi connectivity index (χ0v) is 20.1. The molecule has 0 saturated heterocycles. The summed E-state index contributed by atoms with van der Waals surface area (Å²) in [5, 5.41) is 0. The lowest BCUT2D eigenvalue weighted by Gasteiger charge is -2.30. The maximum atomic E-state index is 16.4. The molecule has 0 spiro atoms. The zero-order valence-electron chi connectivity index (χ0n) is 20.1. The fraction of sp³-hybridized carbons (Fsp3) is 0.467. The second kappa shape index (κ2) is 12.3. The van der Waals surface area contributed by atoms with E-state index in [1.165, 1.54) is 31.2 Å². The minimum Gasteiger partial charge on any atom is -0.233 e. The Balaban J connectivity index is 1.80. The summed E-state index contributed by atoms with van der Waals surface area (Å²) >= 11 is 0. The summed E-state index contributed by atoms with van der Waals surface area (Å²) in [5.74, 6) is -1.80. The van der Waals surface area contributed by atoms with E-state index in [0.717, 1.165) is 32.1 Å². The van der Waals surface area contributed by atoms with Crippen LogP contribution in [0.1, 0.15) is 93.9 Å². The van der Waals surface area contributed by atoms with E-state index in [-0.39, 0.29) is 17.6 Å². The van der Waals surface area contributed by atoms with Crippen LogP contribution in [0, 0.1) is 11.6 Å². The maximum absolute atomic E-state index is 16.4. The number of alkyl halides is 1. The number of allylic oxidation sites excluding steroid dienone is 4. The van der Waals surface area contributed by atoms with Crippen LogP contribution < -0.4 is 0 Å². The minimum absolute atomic E-state index is 0.0126. The Morgan fingerprint density at radius 2 is 1.42 bits per heavy atom. The number of hydrogen-bond acceptors (Lipinski definition) is 0. The van der Waals surface area contributed by atoms with Crippen LogP contribution >= 0.6 is 0 Å². The Morgan fingerprint density at radius 3 is 2.15 bits per heavy atom. The molecule has 2 aromatic rings.